The maximum absolute atomic E-state index is 11.9. The van der Waals surface area contributed by atoms with Gasteiger partial charge in [-0.25, -0.2) is 5.43 Å². The van der Waals surface area contributed by atoms with E-state index in [1.165, 1.54) is 27.5 Å². The van der Waals surface area contributed by atoms with Gasteiger partial charge in [-0.1, -0.05) is 30.3 Å². The molecule has 29 heavy (non-hydrogen) atoms. The molecule has 2 aromatic rings. The Morgan fingerprint density at radius 1 is 0.931 bits per heavy atom. The normalized spacial score (nSPS) is 10.4. The maximum Gasteiger partial charge on any atom is 0.240 e. The summed E-state index contributed by atoms with van der Waals surface area (Å²) in [7, 11) is 4.55. The lowest BCUT2D eigenvalue weighted by Crippen LogP contribution is -2.25. The number of carbonyl (C=O) groups excluding carboxylic acids is 2. The molecule has 2 N–H and O–H groups in total. The number of hydrazone groups is 1. The number of nitrogens with zero attached hydrogens (tertiary/aromatic N) is 1. The largest absolute Gasteiger partial charge is 0.493 e. The van der Waals surface area contributed by atoms with Gasteiger partial charge in [0.1, 0.15) is 0 Å². The highest BCUT2D eigenvalue weighted by molar-refractivity contribution is 5.86. The average Bonchev–Trinajstić information content (AvgIpc) is 2.76. The minimum atomic E-state index is -0.358. The van der Waals surface area contributed by atoms with Crippen molar-refractivity contribution >= 4 is 18.0 Å². The Balaban J connectivity index is 1.81. The van der Waals surface area contributed by atoms with E-state index < -0.39 is 0 Å². The highest BCUT2D eigenvalue weighted by atomic mass is 16.5. The predicted octanol–water partition coefficient (Wildman–Crippen LogP) is 2.26. The van der Waals surface area contributed by atoms with Gasteiger partial charge in [-0.05, 0) is 17.7 Å². The SMILES string of the molecule is COc1cc(C=NNC(=O)CCC(=O)NCc2ccccc2)cc(OC)c1OC. The summed E-state index contributed by atoms with van der Waals surface area (Å²) in [5, 5.41) is 6.69. The monoisotopic (exact) mass is 399 g/mol. The first-order chi connectivity index (χ1) is 14.1. The van der Waals surface area contributed by atoms with Crippen molar-refractivity contribution in [1.29, 1.82) is 0 Å². The summed E-state index contributed by atoms with van der Waals surface area (Å²) in [6.07, 6.45) is 1.57. The molecule has 0 saturated heterocycles. The third-order valence-electron chi connectivity index (χ3n) is 4.00. The van der Waals surface area contributed by atoms with Crippen LogP contribution in [-0.2, 0) is 16.1 Å². The van der Waals surface area contributed by atoms with Crippen LogP contribution in [0.1, 0.15) is 24.0 Å². The molecule has 2 rings (SSSR count). The predicted molar refractivity (Wildman–Crippen MR) is 109 cm³/mol. The minimum absolute atomic E-state index is 0.0349. The summed E-state index contributed by atoms with van der Waals surface area (Å²) >= 11 is 0. The zero-order chi connectivity index (χ0) is 21.1. The lowest BCUT2D eigenvalue weighted by molar-refractivity contribution is -0.126. The van der Waals surface area contributed by atoms with Gasteiger partial charge in [0, 0.05) is 24.9 Å². The van der Waals surface area contributed by atoms with Crippen LogP contribution < -0.4 is 25.0 Å². The molecule has 0 heterocycles. The third kappa shape index (κ3) is 6.84. The molecular formula is C21H25N3O5. The van der Waals surface area contributed by atoms with Crippen LogP contribution in [0.2, 0.25) is 0 Å². The number of carbonyl (C=O) groups is 2. The van der Waals surface area contributed by atoms with E-state index in [1.807, 2.05) is 30.3 Å². The van der Waals surface area contributed by atoms with Gasteiger partial charge in [-0.3, -0.25) is 9.59 Å². The van der Waals surface area contributed by atoms with Crippen molar-refractivity contribution in [2.45, 2.75) is 19.4 Å². The number of benzene rings is 2. The lowest BCUT2D eigenvalue weighted by Gasteiger charge is -2.12. The zero-order valence-electron chi connectivity index (χ0n) is 16.7. The zero-order valence-corrected chi connectivity index (χ0v) is 16.7. The molecule has 0 aliphatic carbocycles. The number of methoxy groups -OCH3 is 3. The average molecular weight is 399 g/mol. The minimum Gasteiger partial charge on any atom is -0.493 e. The summed E-state index contributed by atoms with van der Waals surface area (Å²) in [4.78, 5) is 23.7. The highest BCUT2D eigenvalue weighted by Gasteiger charge is 2.12. The maximum atomic E-state index is 11.9. The highest BCUT2D eigenvalue weighted by Crippen LogP contribution is 2.37. The van der Waals surface area contributed by atoms with Crippen molar-refractivity contribution in [3.05, 3.63) is 53.6 Å². The first-order valence-electron chi connectivity index (χ1n) is 9.00. The van der Waals surface area contributed by atoms with Gasteiger partial charge in [-0.15, -0.1) is 0 Å². The lowest BCUT2D eigenvalue weighted by atomic mass is 10.2. The quantitative estimate of drug-likeness (QED) is 0.472. The van der Waals surface area contributed by atoms with E-state index in [-0.39, 0.29) is 24.7 Å². The van der Waals surface area contributed by atoms with Crippen LogP contribution in [0.25, 0.3) is 0 Å². The molecule has 2 amide bonds. The van der Waals surface area contributed by atoms with Gasteiger partial charge >= 0.3 is 0 Å². The fourth-order valence-corrected chi connectivity index (χ4v) is 2.52. The second-order valence-electron chi connectivity index (χ2n) is 6.01. The van der Waals surface area contributed by atoms with E-state index in [2.05, 4.69) is 15.8 Å². The van der Waals surface area contributed by atoms with Crippen molar-refractivity contribution < 1.29 is 23.8 Å². The molecule has 2 aromatic carbocycles. The molecule has 0 aliphatic heterocycles. The van der Waals surface area contributed by atoms with E-state index in [1.54, 1.807) is 12.1 Å². The van der Waals surface area contributed by atoms with Crippen molar-refractivity contribution in [3.8, 4) is 17.2 Å². The topological polar surface area (TPSA) is 98.2 Å². The van der Waals surface area contributed by atoms with E-state index in [9.17, 15) is 9.59 Å². The fraction of sp³-hybridized carbons (Fsp3) is 0.286. The Kier molecular flexibility index (Phi) is 8.50. The smallest absolute Gasteiger partial charge is 0.240 e. The third-order valence-corrected chi connectivity index (χ3v) is 4.00. The Morgan fingerprint density at radius 3 is 2.14 bits per heavy atom. The summed E-state index contributed by atoms with van der Waals surface area (Å²) in [5.74, 6) is 0.878. The molecule has 8 nitrogen and oxygen atoms in total. The number of rotatable bonds is 10. The van der Waals surface area contributed by atoms with Crippen LogP contribution in [0.3, 0.4) is 0 Å². The van der Waals surface area contributed by atoms with Crippen molar-refractivity contribution in [1.82, 2.24) is 10.7 Å². The molecule has 0 aromatic heterocycles. The van der Waals surface area contributed by atoms with Crippen molar-refractivity contribution in [3.63, 3.8) is 0 Å². The summed E-state index contributed by atoms with van der Waals surface area (Å²) in [6.45, 7) is 0.431. The van der Waals surface area contributed by atoms with E-state index >= 15 is 0 Å². The molecule has 154 valence electrons. The van der Waals surface area contributed by atoms with Crippen LogP contribution in [0, 0.1) is 0 Å². The Morgan fingerprint density at radius 2 is 1.55 bits per heavy atom. The summed E-state index contributed by atoms with van der Waals surface area (Å²) in [6, 6.07) is 13.0. The molecule has 0 radical (unpaired) electrons. The van der Waals surface area contributed by atoms with E-state index in [0.717, 1.165) is 5.56 Å². The van der Waals surface area contributed by atoms with Crippen LogP contribution in [-0.4, -0.2) is 39.4 Å². The number of ether oxygens (including phenoxy) is 3. The Hall–Kier alpha value is -3.55. The molecule has 0 spiro atoms. The molecular weight excluding hydrogens is 374 g/mol. The standard InChI is InChI=1S/C21H25N3O5/c1-27-17-11-16(12-18(28-2)21(17)29-3)14-23-24-20(26)10-9-19(25)22-13-15-7-5-4-6-8-15/h4-8,11-12,14H,9-10,13H2,1-3H3,(H,22,25)(H,24,26). The number of amides is 2. The van der Waals surface area contributed by atoms with Gasteiger partial charge < -0.3 is 19.5 Å². The van der Waals surface area contributed by atoms with E-state index in [4.69, 9.17) is 14.2 Å². The summed E-state index contributed by atoms with van der Waals surface area (Å²) < 4.78 is 15.8. The van der Waals surface area contributed by atoms with Crippen LogP contribution >= 0.6 is 0 Å². The molecule has 0 atom stereocenters. The number of hydrogen-bond donors (Lipinski definition) is 2. The van der Waals surface area contributed by atoms with Crippen LogP contribution in [0.5, 0.6) is 17.2 Å². The molecule has 0 fully saturated rings. The van der Waals surface area contributed by atoms with Crippen LogP contribution in [0.15, 0.2) is 47.6 Å². The van der Waals surface area contributed by atoms with Crippen LogP contribution in [0.4, 0.5) is 0 Å². The number of nitrogens with one attached hydrogen (secondary N) is 2. The molecule has 0 saturated carbocycles. The first-order valence-corrected chi connectivity index (χ1v) is 9.00. The van der Waals surface area contributed by atoms with Gasteiger partial charge in [0.25, 0.3) is 0 Å². The fourth-order valence-electron chi connectivity index (χ4n) is 2.52. The molecule has 0 aliphatic rings. The van der Waals surface area contributed by atoms with Crippen molar-refractivity contribution in [2.24, 2.45) is 5.10 Å². The Bertz CT molecular complexity index is 828. The number of hydrogen-bond acceptors (Lipinski definition) is 6. The molecule has 0 unspecified atom stereocenters. The van der Waals surface area contributed by atoms with Gasteiger partial charge in [0.2, 0.25) is 17.6 Å². The molecule has 0 bridgehead atoms. The van der Waals surface area contributed by atoms with Gasteiger partial charge in [-0.2, -0.15) is 5.10 Å². The summed E-state index contributed by atoms with van der Waals surface area (Å²) in [5.41, 5.74) is 4.05. The second kappa shape index (κ2) is 11.3. The van der Waals surface area contributed by atoms with Gasteiger partial charge in [0.15, 0.2) is 11.5 Å². The van der Waals surface area contributed by atoms with Crippen molar-refractivity contribution in [2.75, 3.05) is 21.3 Å². The van der Waals surface area contributed by atoms with E-state index in [0.29, 0.717) is 29.4 Å². The second-order valence-corrected chi connectivity index (χ2v) is 6.01. The first kappa shape index (κ1) is 21.7. The van der Waals surface area contributed by atoms with Gasteiger partial charge in [0.05, 0.1) is 27.5 Å². The molecule has 8 heteroatoms. The Labute approximate surface area is 169 Å².